The second-order valence-corrected chi connectivity index (χ2v) is 6.07. The highest BCUT2D eigenvalue weighted by atomic mass is 32.1. The minimum Gasteiger partial charge on any atom is -0.480 e. The zero-order valence-corrected chi connectivity index (χ0v) is 12.9. The Bertz CT molecular complexity index is 692. The largest absolute Gasteiger partial charge is 0.480 e. The third kappa shape index (κ3) is 2.76. The quantitative estimate of drug-likeness (QED) is 0.934. The van der Waals surface area contributed by atoms with E-state index in [1.807, 2.05) is 16.8 Å². The lowest BCUT2D eigenvalue weighted by Crippen LogP contribution is -2.41. The van der Waals surface area contributed by atoms with Crippen molar-refractivity contribution in [2.75, 3.05) is 6.54 Å². The Balaban J connectivity index is 1.76. The smallest absolute Gasteiger partial charge is 0.326 e. The predicted octanol–water partition coefficient (Wildman–Crippen LogP) is 2.33. The van der Waals surface area contributed by atoms with E-state index < -0.39 is 12.0 Å². The van der Waals surface area contributed by atoms with Gasteiger partial charge in [-0.2, -0.15) is 11.3 Å². The Morgan fingerprint density at radius 1 is 1.55 bits per heavy atom. The van der Waals surface area contributed by atoms with Crippen molar-refractivity contribution in [3.8, 4) is 11.5 Å². The van der Waals surface area contributed by atoms with E-state index in [2.05, 4.69) is 4.98 Å². The average Bonchev–Trinajstić information content (AvgIpc) is 3.18. The lowest BCUT2D eigenvalue weighted by atomic mass is 10.2. The molecule has 0 aliphatic carbocycles. The number of amides is 1. The van der Waals surface area contributed by atoms with Gasteiger partial charge in [-0.25, -0.2) is 9.78 Å². The maximum Gasteiger partial charge on any atom is 0.326 e. The summed E-state index contributed by atoms with van der Waals surface area (Å²) in [5, 5.41) is 13.0. The SMILES string of the molecule is Cc1oc(-c2ccsc2)nc1CC(=O)N1CCC[C@H]1C(=O)O. The van der Waals surface area contributed by atoms with E-state index in [1.54, 1.807) is 18.3 Å². The molecule has 0 bridgehead atoms. The van der Waals surface area contributed by atoms with E-state index in [9.17, 15) is 9.59 Å². The fourth-order valence-corrected chi connectivity index (χ4v) is 3.30. The molecule has 1 aliphatic rings. The molecular formula is C15H16N2O4S. The summed E-state index contributed by atoms with van der Waals surface area (Å²) >= 11 is 1.55. The third-order valence-corrected chi connectivity index (χ3v) is 4.52. The van der Waals surface area contributed by atoms with Crippen LogP contribution in [0.25, 0.3) is 11.5 Å². The van der Waals surface area contributed by atoms with Gasteiger partial charge in [-0.15, -0.1) is 0 Å². The summed E-state index contributed by atoms with van der Waals surface area (Å²) < 4.78 is 5.61. The maximum absolute atomic E-state index is 12.4. The molecule has 3 heterocycles. The highest BCUT2D eigenvalue weighted by Crippen LogP contribution is 2.25. The third-order valence-electron chi connectivity index (χ3n) is 3.84. The van der Waals surface area contributed by atoms with Gasteiger partial charge in [0.25, 0.3) is 0 Å². The first-order chi connectivity index (χ1) is 10.6. The van der Waals surface area contributed by atoms with Crippen molar-refractivity contribution < 1.29 is 19.1 Å². The fraction of sp³-hybridized carbons (Fsp3) is 0.400. The van der Waals surface area contributed by atoms with E-state index >= 15 is 0 Å². The topological polar surface area (TPSA) is 83.6 Å². The second-order valence-electron chi connectivity index (χ2n) is 5.29. The first-order valence-electron chi connectivity index (χ1n) is 7.07. The van der Waals surface area contributed by atoms with Crippen molar-refractivity contribution in [1.29, 1.82) is 0 Å². The number of carbonyl (C=O) groups excluding carboxylic acids is 1. The normalized spacial score (nSPS) is 17.9. The zero-order valence-electron chi connectivity index (χ0n) is 12.1. The molecule has 1 N–H and O–H groups in total. The number of hydrogen-bond acceptors (Lipinski definition) is 5. The molecule has 2 aromatic rings. The van der Waals surface area contributed by atoms with E-state index in [0.717, 1.165) is 12.0 Å². The van der Waals surface area contributed by atoms with Crippen molar-refractivity contribution in [1.82, 2.24) is 9.88 Å². The summed E-state index contributed by atoms with van der Waals surface area (Å²) in [5.41, 5.74) is 1.46. The van der Waals surface area contributed by atoms with Crippen LogP contribution in [0, 0.1) is 6.92 Å². The Morgan fingerprint density at radius 2 is 2.36 bits per heavy atom. The molecule has 7 heteroatoms. The molecule has 1 atom stereocenters. The van der Waals surface area contributed by atoms with Crippen molar-refractivity contribution >= 4 is 23.2 Å². The van der Waals surface area contributed by atoms with Crippen LogP contribution in [-0.4, -0.2) is 39.5 Å². The molecule has 6 nitrogen and oxygen atoms in total. The van der Waals surface area contributed by atoms with E-state index in [0.29, 0.717) is 30.3 Å². The summed E-state index contributed by atoms with van der Waals surface area (Å²) in [7, 11) is 0. The Hall–Kier alpha value is -2.15. The number of aromatic nitrogens is 1. The van der Waals surface area contributed by atoms with E-state index in [-0.39, 0.29) is 12.3 Å². The highest BCUT2D eigenvalue weighted by Gasteiger charge is 2.34. The molecule has 0 unspecified atom stereocenters. The number of aliphatic carboxylic acids is 1. The second kappa shape index (κ2) is 5.92. The molecule has 1 aliphatic heterocycles. The van der Waals surface area contributed by atoms with Crippen LogP contribution in [0.5, 0.6) is 0 Å². The molecule has 1 saturated heterocycles. The fourth-order valence-electron chi connectivity index (χ4n) is 2.67. The van der Waals surface area contributed by atoms with Crippen LogP contribution in [0.4, 0.5) is 0 Å². The zero-order chi connectivity index (χ0) is 15.7. The van der Waals surface area contributed by atoms with Gasteiger partial charge in [-0.05, 0) is 31.2 Å². The van der Waals surface area contributed by atoms with Crippen LogP contribution in [0.2, 0.25) is 0 Å². The van der Waals surface area contributed by atoms with Gasteiger partial charge < -0.3 is 14.4 Å². The summed E-state index contributed by atoms with van der Waals surface area (Å²) in [6.07, 6.45) is 1.31. The molecule has 0 saturated carbocycles. The molecule has 0 spiro atoms. The standard InChI is InChI=1S/C15H16N2O4S/c1-9-11(16-14(21-9)10-4-6-22-8-10)7-13(18)17-5-2-3-12(17)15(19)20/h4,6,8,12H,2-3,5,7H2,1H3,(H,19,20)/t12-/m0/s1. The van der Waals surface area contributed by atoms with Gasteiger partial charge in [0, 0.05) is 17.5 Å². The van der Waals surface area contributed by atoms with Gasteiger partial charge in [0.1, 0.15) is 11.8 Å². The maximum atomic E-state index is 12.4. The number of nitrogens with zero attached hydrogens (tertiary/aromatic N) is 2. The number of aryl methyl sites for hydroxylation is 1. The van der Waals surface area contributed by atoms with Gasteiger partial charge in [0.05, 0.1) is 12.1 Å². The summed E-state index contributed by atoms with van der Waals surface area (Å²) in [4.78, 5) is 29.3. The molecule has 0 aromatic carbocycles. The number of likely N-dealkylation sites (tertiary alicyclic amines) is 1. The van der Waals surface area contributed by atoms with Crippen LogP contribution in [0.1, 0.15) is 24.3 Å². The average molecular weight is 320 g/mol. The predicted molar refractivity (Wildman–Crippen MR) is 80.6 cm³/mol. The Morgan fingerprint density at radius 3 is 3.05 bits per heavy atom. The molecule has 2 aromatic heterocycles. The monoisotopic (exact) mass is 320 g/mol. The van der Waals surface area contributed by atoms with Crippen LogP contribution in [0.15, 0.2) is 21.2 Å². The van der Waals surface area contributed by atoms with Gasteiger partial charge in [-0.1, -0.05) is 0 Å². The van der Waals surface area contributed by atoms with Crippen LogP contribution >= 0.6 is 11.3 Å². The Labute approximate surface area is 131 Å². The minimum atomic E-state index is -0.943. The molecule has 1 amide bonds. The summed E-state index contributed by atoms with van der Waals surface area (Å²) in [5.74, 6) is -0.0572. The number of carboxylic acids is 1. The lowest BCUT2D eigenvalue weighted by molar-refractivity contribution is -0.148. The first-order valence-corrected chi connectivity index (χ1v) is 8.01. The van der Waals surface area contributed by atoms with E-state index in [4.69, 9.17) is 9.52 Å². The Kier molecular flexibility index (Phi) is 3.98. The first kappa shape index (κ1) is 14.8. The van der Waals surface area contributed by atoms with Gasteiger partial charge >= 0.3 is 5.97 Å². The molecular weight excluding hydrogens is 304 g/mol. The van der Waals surface area contributed by atoms with Crippen molar-refractivity contribution in [3.63, 3.8) is 0 Å². The molecule has 22 heavy (non-hydrogen) atoms. The molecule has 116 valence electrons. The van der Waals surface area contributed by atoms with Crippen molar-refractivity contribution in [2.45, 2.75) is 32.2 Å². The molecule has 3 rings (SSSR count). The van der Waals surface area contributed by atoms with Crippen LogP contribution in [-0.2, 0) is 16.0 Å². The number of hydrogen-bond donors (Lipinski definition) is 1. The number of thiophene rings is 1. The van der Waals surface area contributed by atoms with Gasteiger partial charge in [0.2, 0.25) is 11.8 Å². The molecule has 0 radical (unpaired) electrons. The number of carboxylic acid groups (broad SMARTS) is 1. The lowest BCUT2D eigenvalue weighted by Gasteiger charge is -2.20. The number of rotatable bonds is 4. The van der Waals surface area contributed by atoms with Crippen molar-refractivity contribution in [3.05, 3.63) is 28.3 Å². The van der Waals surface area contributed by atoms with Crippen LogP contribution < -0.4 is 0 Å². The van der Waals surface area contributed by atoms with E-state index in [1.165, 1.54) is 4.90 Å². The summed E-state index contributed by atoms with van der Waals surface area (Å²) in [6, 6.07) is 1.19. The van der Waals surface area contributed by atoms with Crippen LogP contribution in [0.3, 0.4) is 0 Å². The summed E-state index contributed by atoms with van der Waals surface area (Å²) in [6.45, 7) is 2.26. The van der Waals surface area contributed by atoms with Crippen molar-refractivity contribution in [2.24, 2.45) is 0 Å². The highest BCUT2D eigenvalue weighted by molar-refractivity contribution is 7.08. The molecule has 1 fully saturated rings. The van der Waals surface area contributed by atoms with Gasteiger partial charge in [0.15, 0.2) is 0 Å². The number of carbonyl (C=O) groups is 2. The number of oxazole rings is 1. The minimum absolute atomic E-state index is 0.0727. The van der Waals surface area contributed by atoms with Gasteiger partial charge in [-0.3, -0.25) is 4.79 Å².